The van der Waals surface area contributed by atoms with Gasteiger partial charge in [0.15, 0.2) is 18.1 Å². The van der Waals surface area contributed by atoms with E-state index in [-0.39, 0.29) is 31.0 Å². The summed E-state index contributed by atoms with van der Waals surface area (Å²) in [5.74, 6) is 0.606. The molecule has 0 saturated heterocycles. The third-order valence-corrected chi connectivity index (χ3v) is 6.17. The molecule has 7 heteroatoms. The fraction of sp³-hybridized carbons (Fsp3) is 0.440. The number of hydrogen-bond donors (Lipinski definition) is 1. The maximum atomic E-state index is 13.3. The standard InChI is InChI=1S/C25H31ClN2O4/c1-3-21(25(30)27-19-11-5-6-12-19)28(16-18-10-4-7-13-20(18)26)24(29)17-32-23-15-9-8-14-22(23)31-2/h4,7-10,13-15,19,21H,3,5-6,11-12,16-17H2,1-2H3,(H,27,30)/t21-/m0/s1. The Morgan fingerprint density at radius 1 is 1.09 bits per heavy atom. The van der Waals surface area contributed by atoms with Crippen molar-refractivity contribution in [1.82, 2.24) is 10.2 Å². The molecule has 0 radical (unpaired) electrons. The zero-order valence-corrected chi connectivity index (χ0v) is 19.4. The van der Waals surface area contributed by atoms with Crippen LogP contribution in [0, 0.1) is 0 Å². The molecule has 6 nitrogen and oxygen atoms in total. The van der Waals surface area contributed by atoms with Gasteiger partial charge in [0.05, 0.1) is 7.11 Å². The van der Waals surface area contributed by atoms with Crippen molar-refractivity contribution < 1.29 is 19.1 Å². The summed E-state index contributed by atoms with van der Waals surface area (Å²) in [6, 6.07) is 14.1. The molecule has 0 spiro atoms. The minimum atomic E-state index is -0.611. The molecule has 1 aliphatic rings. The van der Waals surface area contributed by atoms with Crippen LogP contribution in [0.25, 0.3) is 0 Å². The number of carbonyl (C=O) groups is 2. The van der Waals surface area contributed by atoms with E-state index < -0.39 is 6.04 Å². The zero-order chi connectivity index (χ0) is 22.9. The molecule has 2 amide bonds. The fourth-order valence-corrected chi connectivity index (χ4v) is 4.25. The van der Waals surface area contributed by atoms with Gasteiger partial charge >= 0.3 is 0 Å². The highest BCUT2D eigenvalue weighted by atomic mass is 35.5. The number of para-hydroxylation sites is 2. The molecular formula is C25H31ClN2O4. The van der Waals surface area contributed by atoms with Gasteiger partial charge < -0.3 is 19.7 Å². The van der Waals surface area contributed by atoms with E-state index in [1.165, 1.54) is 0 Å². The first-order valence-electron chi connectivity index (χ1n) is 11.1. The summed E-state index contributed by atoms with van der Waals surface area (Å²) in [6.07, 6.45) is 4.70. The second kappa shape index (κ2) is 11.8. The summed E-state index contributed by atoms with van der Waals surface area (Å²) < 4.78 is 11.1. The Hall–Kier alpha value is -2.73. The van der Waals surface area contributed by atoms with Crippen LogP contribution in [0.3, 0.4) is 0 Å². The van der Waals surface area contributed by atoms with Crippen molar-refractivity contribution in [1.29, 1.82) is 0 Å². The Labute approximate surface area is 194 Å². The normalized spacial score (nSPS) is 14.6. The van der Waals surface area contributed by atoms with Crippen LogP contribution in [0.2, 0.25) is 5.02 Å². The Morgan fingerprint density at radius 2 is 1.75 bits per heavy atom. The average Bonchev–Trinajstić information content (AvgIpc) is 3.31. The Morgan fingerprint density at radius 3 is 2.41 bits per heavy atom. The van der Waals surface area contributed by atoms with E-state index in [9.17, 15) is 9.59 Å². The van der Waals surface area contributed by atoms with Crippen molar-refractivity contribution in [2.75, 3.05) is 13.7 Å². The lowest BCUT2D eigenvalue weighted by molar-refractivity contribution is -0.143. The van der Waals surface area contributed by atoms with E-state index in [4.69, 9.17) is 21.1 Å². The number of hydrogen-bond acceptors (Lipinski definition) is 4. The minimum absolute atomic E-state index is 0.128. The average molecular weight is 459 g/mol. The lowest BCUT2D eigenvalue weighted by Gasteiger charge is -2.31. The number of benzene rings is 2. The van der Waals surface area contributed by atoms with Crippen molar-refractivity contribution in [2.24, 2.45) is 0 Å². The molecule has 0 bridgehead atoms. The van der Waals surface area contributed by atoms with Gasteiger partial charge in [0.1, 0.15) is 6.04 Å². The molecule has 1 N–H and O–H groups in total. The minimum Gasteiger partial charge on any atom is -0.493 e. The van der Waals surface area contributed by atoms with Crippen LogP contribution in [0.1, 0.15) is 44.6 Å². The number of ether oxygens (including phenoxy) is 2. The molecule has 0 aliphatic heterocycles. The number of carbonyl (C=O) groups excluding carboxylic acids is 2. The maximum Gasteiger partial charge on any atom is 0.261 e. The van der Waals surface area contributed by atoms with Gasteiger partial charge in [-0.3, -0.25) is 9.59 Å². The van der Waals surface area contributed by atoms with E-state index in [1.54, 1.807) is 30.2 Å². The van der Waals surface area contributed by atoms with Crippen molar-refractivity contribution in [2.45, 2.75) is 57.7 Å². The fourth-order valence-electron chi connectivity index (χ4n) is 4.06. The summed E-state index contributed by atoms with van der Waals surface area (Å²) in [7, 11) is 1.55. The molecule has 1 saturated carbocycles. The maximum absolute atomic E-state index is 13.3. The molecular weight excluding hydrogens is 428 g/mol. The summed E-state index contributed by atoms with van der Waals surface area (Å²) in [5, 5.41) is 3.69. The van der Waals surface area contributed by atoms with Gasteiger partial charge in [-0.05, 0) is 43.0 Å². The topological polar surface area (TPSA) is 67.9 Å². The first-order chi connectivity index (χ1) is 15.5. The largest absolute Gasteiger partial charge is 0.493 e. The van der Waals surface area contributed by atoms with Crippen LogP contribution in [0.4, 0.5) is 0 Å². The van der Waals surface area contributed by atoms with E-state index in [1.807, 2.05) is 37.3 Å². The summed E-state index contributed by atoms with van der Waals surface area (Å²) in [4.78, 5) is 28.0. The highest BCUT2D eigenvalue weighted by Crippen LogP contribution is 2.26. The SMILES string of the molecule is CC[C@@H](C(=O)NC1CCCC1)N(Cc1ccccc1Cl)C(=O)COc1ccccc1OC. The molecule has 2 aromatic rings. The molecule has 0 heterocycles. The first kappa shape index (κ1) is 23.9. The van der Waals surface area contributed by atoms with E-state index in [0.717, 1.165) is 31.2 Å². The van der Waals surface area contributed by atoms with Gasteiger partial charge in [-0.2, -0.15) is 0 Å². The Kier molecular flexibility index (Phi) is 8.80. The molecule has 0 aromatic heterocycles. The molecule has 1 fully saturated rings. The predicted octanol–water partition coefficient (Wildman–Crippen LogP) is 4.59. The quantitative estimate of drug-likeness (QED) is 0.565. The van der Waals surface area contributed by atoms with Crippen LogP contribution in [0.5, 0.6) is 11.5 Å². The Balaban J connectivity index is 1.78. The summed E-state index contributed by atoms with van der Waals surface area (Å²) in [5.41, 5.74) is 0.784. The van der Waals surface area contributed by atoms with Gasteiger partial charge in [-0.25, -0.2) is 0 Å². The number of methoxy groups -OCH3 is 1. The van der Waals surface area contributed by atoms with Crippen molar-refractivity contribution >= 4 is 23.4 Å². The van der Waals surface area contributed by atoms with E-state index in [2.05, 4.69) is 5.32 Å². The first-order valence-corrected chi connectivity index (χ1v) is 11.5. The zero-order valence-electron chi connectivity index (χ0n) is 18.7. The lowest BCUT2D eigenvalue weighted by Crippen LogP contribution is -2.52. The highest BCUT2D eigenvalue weighted by Gasteiger charge is 2.31. The molecule has 0 unspecified atom stereocenters. The van der Waals surface area contributed by atoms with Crippen LogP contribution in [0.15, 0.2) is 48.5 Å². The van der Waals surface area contributed by atoms with Gasteiger partial charge in [-0.15, -0.1) is 0 Å². The molecule has 3 rings (SSSR count). The molecule has 1 atom stereocenters. The van der Waals surface area contributed by atoms with Gasteiger partial charge in [0.2, 0.25) is 5.91 Å². The summed E-state index contributed by atoms with van der Waals surface area (Å²) >= 11 is 6.36. The Bertz CT molecular complexity index is 914. The number of nitrogens with zero attached hydrogens (tertiary/aromatic N) is 1. The van der Waals surface area contributed by atoms with Crippen molar-refractivity contribution in [3.05, 3.63) is 59.1 Å². The van der Waals surface area contributed by atoms with E-state index in [0.29, 0.717) is 22.9 Å². The van der Waals surface area contributed by atoms with Gasteiger partial charge in [0, 0.05) is 17.6 Å². The predicted molar refractivity (Wildman–Crippen MR) is 125 cm³/mol. The number of amides is 2. The van der Waals surface area contributed by atoms with E-state index >= 15 is 0 Å². The number of nitrogens with one attached hydrogen (secondary N) is 1. The third-order valence-electron chi connectivity index (χ3n) is 5.81. The lowest BCUT2D eigenvalue weighted by atomic mass is 10.1. The highest BCUT2D eigenvalue weighted by molar-refractivity contribution is 6.31. The third kappa shape index (κ3) is 6.16. The second-order valence-electron chi connectivity index (χ2n) is 7.97. The second-order valence-corrected chi connectivity index (χ2v) is 8.37. The monoisotopic (exact) mass is 458 g/mol. The van der Waals surface area contributed by atoms with Crippen LogP contribution in [-0.4, -0.2) is 42.5 Å². The molecule has 2 aromatic carbocycles. The van der Waals surface area contributed by atoms with Gasteiger partial charge in [-0.1, -0.05) is 61.7 Å². The van der Waals surface area contributed by atoms with Crippen LogP contribution in [-0.2, 0) is 16.1 Å². The summed E-state index contributed by atoms with van der Waals surface area (Å²) in [6.45, 7) is 1.93. The molecule has 1 aliphatic carbocycles. The molecule has 32 heavy (non-hydrogen) atoms. The van der Waals surface area contributed by atoms with Crippen molar-refractivity contribution in [3.8, 4) is 11.5 Å². The van der Waals surface area contributed by atoms with Crippen LogP contribution >= 0.6 is 11.6 Å². The van der Waals surface area contributed by atoms with Crippen molar-refractivity contribution in [3.63, 3.8) is 0 Å². The van der Waals surface area contributed by atoms with Gasteiger partial charge in [0.25, 0.3) is 5.91 Å². The van der Waals surface area contributed by atoms with Crippen LogP contribution < -0.4 is 14.8 Å². The number of rotatable bonds is 10. The molecule has 172 valence electrons. The smallest absolute Gasteiger partial charge is 0.261 e. The number of halogens is 1.